The smallest absolute Gasteiger partial charge is 0.237 e. The summed E-state index contributed by atoms with van der Waals surface area (Å²) in [6, 6.07) is 14.8. The van der Waals surface area contributed by atoms with Gasteiger partial charge in [0.25, 0.3) is 0 Å². The largest absolute Gasteiger partial charge is 0.377 e. The predicted octanol–water partition coefficient (Wildman–Crippen LogP) is 2.25. The summed E-state index contributed by atoms with van der Waals surface area (Å²) >= 11 is 0. The van der Waals surface area contributed by atoms with E-state index < -0.39 is 6.23 Å². The maximum Gasteiger partial charge on any atom is 0.237 e. The maximum absolute atomic E-state index is 13.2. The van der Waals surface area contributed by atoms with Gasteiger partial charge in [-0.25, -0.2) is 0 Å². The molecule has 1 saturated heterocycles. The van der Waals surface area contributed by atoms with E-state index in [0.29, 0.717) is 13.0 Å². The van der Waals surface area contributed by atoms with Crippen molar-refractivity contribution in [3.05, 3.63) is 66.0 Å². The summed E-state index contributed by atoms with van der Waals surface area (Å²) in [4.78, 5) is 19.5. The van der Waals surface area contributed by atoms with Gasteiger partial charge in [0, 0.05) is 30.9 Å². The molecule has 1 aliphatic rings. The van der Waals surface area contributed by atoms with Crippen LogP contribution in [0.5, 0.6) is 0 Å². The first kappa shape index (κ1) is 21.4. The highest BCUT2D eigenvalue weighted by Crippen LogP contribution is 2.24. The molecule has 6 nitrogen and oxygen atoms in total. The fraction of sp³-hybridized carbons (Fsp3) is 0.478. The Hall–Kier alpha value is -2.28. The molecule has 1 amide bonds. The van der Waals surface area contributed by atoms with Gasteiger partial charge in [0.1, 0.15) is 6.23 Å². The zero-order valence-electron chi connectivity index (χ0n) is 17.2. The molecular weight excluding hydrogens is 364 g/mol. The monoisotopic (exact) mass is 396 g/mol. The molecule has 1 fully saturated rings. The summed E-state index contributed by atoms with van der Waals surface area (Å²) in [5, 5.41) is 13.9. The molecule has 4 N–H and O–H groups in total. The number of amides is 1. The summed E-state index contributed by atoms with van der Waals surface area (Å²) < 4.78 is 0. The van der Waals surface area contributed by atoms with Gasteiger partial charge in [0.15, 0.2) is 0 Å². The molecule has 1 aromatic carbocycles. The van der Waals surface area contributed by atoms with Crippen LogP contribution in [0.1, 0.15) is 44.0 Å². The predicted molar refractivity (Wildman–Crippen MR) is 114 cm³/mol. The zero-order chi connectivity index (χ0) is 20.8. The Morgan fingerprint density at radius 2 is 1.97 bits per heavy atom. The summed E-state index contributed by atoms with van der Waals surface area (Å²) in [6.07, 6.45) is 3.15. The lowest BCUT2D eigenvalue weighted by Crippen LogP contribution is -2.55. The number of pyridine rings is 1. The van der Waals surface area contributed by atoms with Crippen molar-refractivity contribution in [1.82, 2.24) is 15.2 Å². The van der Waals surface area contributed by atoms with Crippen LogP contribution in [0.25, 0.3) is 0 Å². The summed E-state index contributed by atoms with van der Waals surface area (Å²) in [7, 11) is 0. The number of carbonyl (C=O) groups excluding carboxylic acids is 1. The SMILES string of the molecule is CC(C)[C@H](N)C(O)N1CCC[C@H]1C(=O)N[C@@H](Cc1ccccn1)c1ccccc1. The van der Waals surface area contributed by atoms with Crippen molar-refractivity contribution in [2.45, 2.75) is 57.5 Å². The molecule has 0 bridgehead atoms. The van der Waals surface area contributed by atoms with E-state index in [9.17, 15) is 9.90 Å². The van der Waals surface area contributed by atoms with E-state index in [4.69, 9.17) is 5.73 Å². The van der Waals surface area contributed by atoms with Gasteiger partial charge in [-0.3, -0.25) is 14.7 Å². The average molecular weight is 397 g/mol. The molecule has 1 aliphatic heterocycles. The van der Waals surface area contributed by atoms with Crippen molar-refractivity contribution in [2.75, 3.05) is 6.54 Å². The summed E-state index contributed by atoms with van der Waals surface area (Å²) in [5.41, 5.74) is 8.13. The van der Waals surface area contributed by atoms with Crippen LogP contribution in [0, 0.1) is 5.92 Å². The molecule has 0 spiro atoms. The lowest BCUT2D eigenvalue weighted by Gasteiger charge is -2.34. The Bertz CT molecular complexity index is 769. The summed E-state index contributed by atoms with van der Waals surface area (Å²) in [6.45, 7) is 4.64. The number of nitrogens with two attached hydrogens (primary N) is 1. The van der Waals surface area contributed by atoms with Crippen LogP contribution in [-0.2, 0) is 11.2 Å². The molecule has 0 saturated carbocycles. The second-order valence-electron chi connectivity index (χ2n) is 8.13. The summed E-state index contributed by atoms with van der Waals surface area (Å²) in [5.74, 6) is 0.0674. The Morgan fingerprint density at radius 3 is 2.62 bits per heavy atom. The third-order valence-corrected chi connectivity index (χ3v) is 5.71. The zero-order valence-corrected chi connectivity index (χ0v) is 17.2. The number of aliphatic hydroxyl groups excluding tert-OH is 1. The van der Waals surface area contributed by atoms with Gasteiger partial charge in [-0.1, -0.05) is 50.2 Å². The minimum absolute atomic E-state index is 0.0673. The highest BCUT2D eigenvalue weighted by atomic mass is 16.3. The molecule has 6 heteroatoms. The van der Waals surface area contributed by atoms with Gasteiger partial charge >= 0.3 is 0 Å². The van der Waals surface area contributed by atoms with E-state index in [1.165, 1.54) is 0 Å². The molecule has 2 aromatic rings. The minimum Gasteiger partial charge on any atom is -0.377 e. The number of aromatic nitrogens is 1. The fourth-order valence-electron chi connectivity index (χ4n) is 3.89. The van der Waals surface area contributed by atoms with E-state index in [1.54, 1.807) is 6.20 Å². The lowest BCUT2D eigenvalue weighted by molar-refractivity contribution is -0.131. The van der Waals surface area contributed by atoms with Gasteiger partial charge in [-0.15, -0.1) is 0 Å². The van der Waals surface area contributed by atoms with Gasteiger partial charge in [-0.2, -0.15) is 0 Å². The minimum atomic E-state index is -0.820. The Balaban J connectivity index is 1.75. The van der Waals surface area contributed by atoms with Crippen LogP contribution in [0.4, 0.5) is 0 Å². The highest BCUT2D eigenvalue weighted by Gasteiger charge is 2.38. The van der Waals surface area contributed by atoms with Crippen molar-refractivity contribution < 1.29 is 9.90 Å². The van der Waals surface area contributed by atoms with Crippen LogP contribution in [0.2, 0.25) is 0 Å². The standard InChI is InChI=1S/C23H32N4O2/c1-16(2)21(24)23(29)27-14-8-12-20(27)22(28)26-19(17-9-4-3-5-10-17)15-18-11-6-7-13-25-18/h3-7,9-11,13,16,19-21,23,29H,8,12,14-15,24H2,1-2H3,(H,26,28)/t19-,20-,21-,23?/m0/s1. The number of likely N-dealkylation sites (tertiary alicyclic amines) is 1. The third-order valence-electron chi connectivity index (χ3n) is 5.71. The van der Waals surface area contributed by atoms with E-state index in [-0.39, 0.29) is 30.0 Å². The first-order valence-corrected chi connectivity index (χ1v) is 10.4. The van der Waals surface area contributed by atoms with Crippen LogP contribution in [0.3, 0.4) is 0 Å². The van der Waals surface area contributed by atoms with E-state index in [0.717, 1.165) is 24.1 Å². The number of carbonyl (C=O) groups is 1. The molecule has 0 radical (unpaired) electrons. The van der Waals surface area contributed by atoms with Gasteiger partial charge < -0.3 is 16.2 Å². The van der Waals surface area contributed by atoms with Crippen molar-refractivity contribution in [3.8, 4) is 0 Å². The lowest BCUT2D eigenvalue weighted by atomic mass is 10.00. The van der Waals surface area contributed by atoms with Crippen molar-refractivity contribution >= 4 is 5.91 Å². The molecule has 29 heavy (non-hydrogen) atoms. The quantitative estimate of drug-likeness (QED) is 0.637. The topological polar surface area (TPSA) is 91.5 Å². The molecule has 3 rings (SSSR count). The molecule has 1 unspecified atom stereocenters. The van der Waals surface area contributed by atoms with E-state index in [1.807, 2.05) is 67.3 Å². The fourth-order valence-corrected chi connectivity index (χ4v) is 3.89. The maximum atomic E-state index is 13.2. The van der Waals surface area contributed by atoms with Crippen molar-refractivity contribution in [1.29, 1.82) is 0 Å². The number of hydrogen-bond acceptors (Lipinski definition) is 5. The number of rotatable bonds is 8. The average Bonchev–Trinajstić information content (AvgIpc) is 3.23. The second-order valence-corrected chi connectivity index (χ2v) is 8.13. The number of nitrogens with zero attached hydrogens (tertiary/aromatic N) is 2. The van der Waals surface area contributed by atoms with Gasteiger partial charge in [-0.05, 0) is 36.5 Å². The Labute approximate surface area is 173 Å². The molecule has 1 aromatic heterocycles. The second kappa shape index (κ2) is 9.96. The van der Waals surface area contributed by atoms with Crippen LogP contribution >= 0.6 is 0 Å². The van der Waals surface area contributed by atoms with Crippen LogP contribution in [0.15, 0.2) is 54.7 Å². The highest BCUT2D eigenvalue weighted by molar-refractivity contribution is 5.82. The normalized spacial score (nSPS) is 20.4. The Morgan fingerprint density at radius 1 is 1.24 bits per heavy atom. The van der Waals surface area contributed by atoms with E-state index in [2.05, 4.69) is 10.3 Å². The van der Waals surface area contributed by atoms with Crippen molar-refractivity contribution in [3.63, 3.8) is 0 Å². The first-order valence-electron chi connectivity index (χ1n) is 10.4. The molecule has 4 atom stereocenters. The number of aliphatic hydroxyl groups is 1. The van der Waals surface area contributed by atoms with Crippen molar-refractivity contribution in [2.24, 2.45) is 11.7 Å². The third kappa shape index (κ3) is 5.41. The molecule has 156 valence electrons. The molecule has 2 heterocycles. The Kier molecular flexibility index (Phi) is 7.36. The first-order chi connectivity index (χ1) is 14.0. The van der Waals surface area contributed by atoms with Crippen LogP contribution < -0.4 is 11.1 Å². The number of nitrogens with one attached hydrogen (secondary N) is 1. The van der Waals surface area contributed by atoms with Gasteiger partial charge in [0.2, 0.25) is 5.91 Å². The molecule has 0 aliphatic carbocycles. The van der Waals surface area contributed by atoms with Crippen LogP contribution in [-0.4, -0.2) is 45.8 Å². The molecular formula is C23H32N4O2. The number of hydrogen-bond donors (Lipinski definition) is 3. The number of benzene rings is 1. The van der Waals surface area contributed by atoms with E-state index >= 15 is 0 Å². The van der Waals surface area contributed by atoms with Gasteiger partial charge in [0.05, 0.1) is 12.1 Å².